The van der Waals surface area contributed by atoms with Crippen molar-refractivity contribution in [1.82, 2.24) is 4.90 Å². The van der Waals surface area contributed by atoms with Crippen LogP contribution in [0.1, 0.15) is 12.5 Å². The van der Waals surface area contributed by atoms with Crippen molar-refractivity contribution in [3.63, 3.8) is 0 Å². The van der Waals surface area contributed by atoms with Gasteiger partial charge in [0.1, 0.15) is 6.61 Å². The first kappa shape index (κ1) is 13.9. The first-order valence-electron chi connectivity index (χ1n) is 6.55. The molecule has 2 aliphatic heterocycles. The van der Waals surface area contributed by atoms with Gasteiger partial charge in [-0.1, -0.05) is 35.8 Å². The molecule has 0 unspecified atom stereocenters. The number of carbonyl (C=O) groups excluding carboxylic acids is 2. The summed E-state index contributed by atoms with van der Waals surface area (Å²) in [5.74, 6) is -0.676. The van der Waals surface area contributed by atoms with Gasteiger partial charge < -0.3 is 9.57 Å². The minimum Gasteiger partial charge on any atom is -0.447 e. The summed E-state index contributed by atoms with van der Waals surface area (Å²) in [6.45, 7) is 2.31. The summed E-state index contributed by atoms with van der Waals surface area (Å²) in [5.41, 5.74) is 1.50. The third-order valence-electron chi connectivity index (χ3n) is 3.56. The summed E-state index contributed by atoms with van der Waals surface area (Å²) >= 11 is 5.85. The lowest BCUT2D eigenvalue weighted by molar-refractivity contribution is -0.140. The van der Waals surface area contributed by atoms with E-state index in [0.29, 0.717) is 10.7 Å². The van der Waals surface area contributed by atoms with Crippen LogP contribution in [0.2, 0.25) is 5.02 Å². The van der Waals surface area contributed by atoms with Gasteiger partial charge in [0.25, 0.3) is 5.91 Å². The predicted octanol–water partition coefficient (Wildman–Crippen LogP) is 2.06. The lowest BCUT2D eigenvalue weighted by atomic mass is 9.93. The zero-order valence-corrected chi connectivity index (χ0v) is 12.0. The first-order chi connectivity index (χ1) is 10.1. The summed E-state index contributed by atoms with van der Waals surface area (Å²) in [6, 6.07) is 7.13. The third-order valence-corrected chi connectivity index (χ3v) is 3.81. The number of hydrogen-bond donors (Lipinski definition) is 0. The van der Waals surface area contributed by atoms with E-state index in [9.17, 15) is 9.59 Å². The monoisotopic (exact) mass is 308 g/mol. The van der Waals surface area contributed by atoms with Crippen LogP contribution >= 0.6 is 11.6 Å². The van der Waals surface area contributed by atoms with Crippen LogP contribution in [0.4, 0.5) is 4.79 Å². The molecular weight excluding hydrogens is 296 g/mol. The summed E-state index contributed by atoms with van der Waals surface area (Å²) in [5, 5.41) is 4.61. The van der Waals surface area contributed by atoms with Crippen molar-refractivity contribution in [1.29, 1.82) is 0 Å². The average molecular weight is 309 g/mol. The second-order valence-corrected chi connectivity index (χ2v) is 5.34. The summed E-state index contributed by atoms with van der Waals surface area (Å²) < 4.78 is 4.76. The Morgan fingerprint density at radius 3 is 2.71 bits per heavy atom. The van der Waals surface area contributed by atoms with Crippen LogP contribution in [0.15, 0.2) is 29.4 Å². The molecule has 21 heavy (non-hydrogen) atoms. The van der Waals surface area contributed by atoms with Gasteiger partial charge in [-0.2, -0.15) is 0 Å². The lowest BCUT2D eigenvalue weighted by Gasteiger charge is -2.18. The molecule has 0 aromatic heterocycles. The summed E-state index contributed by atoms with van der Waals surface area (Å²) in [4.78, 5) is 30.0. The molecule has 6 nitrogen and oxygen atoms in total. The van der Waals surface area contributed by atoms with E-state index in [4.69, 9.17) is 21.2 Å². The van der Waals surface area contributed by atoms with Crippen LogP contribution in [0.3, 0.4) is 0 Å². The zero-order chi connectivity index (χ0) is 15.0. The Morgan fingerprint density at radius 2 is 2.10 bits per heavy atom. The Labute approximate surface area is 126 Å². The van der Waals surface area contributed by atoms with Crippen molar-refractivity contribution >= 4 is 29.3 Å². The molecule has 7 heteroatoms. The largest absolute Gasteiger partial charge is 0.447 e. The fourth-order valence-corrected chi connectivity index (χ4v) is 2.50. The topological polar surface area (TPSA) is 68.2 Å². The number of carbonyl (C=O) groups is 2. The fraction of sp³-hybridized carbons (Fsp3) is 0.357. The van der Waals surface area contributed by atoms with Crippen molar-refractivity contribution in [2.24, 2.45) is 11.1 Å². The number of benzene rings is 1. The molecular formula is C14H13ClN2O4. The van der Waals surface area contributed by atoms with E-state index < -0.39 is 18.1 Å². The first-order valence-corrected chi connectivity index (χ1v) is 6.93. The maximum absolute atomic E-state index is 12.3. The molecule has 0 N–H and O–H groups in total. The summed E-state index contributed by atoms with van der Waals surface area (Å²) in [7, 11) is 0. The highest BCUT2D eigenvalue weighted by atomic mass is 35.5. The molecule has 0 aliphatic carbocycles. The second-order valence-electron chi connectivity index (χ2n) is 4.90. The van der Waals surface area contributed by atoms with Crippen LogP contribution in [0, 0.1) is 5.92 Å². The van der Waals surface area contributed by atoms with Crippen LogP contribution in [-0.4, -0.2) is 41.9 Å². The van der Waals surface area contributed by atoms with Crippen molar-refractivity contribution in [2.75, 3.05) is 13.2 Å². The molecule has 1 saturated heterocycles. The maximum atomic E-state index is 12.3. The molecule has 1 aromatic rings. The molecule has 0 bridgehead atoms. The van der Waals surface area contributed by atoms with Gasteiger partial charge in [-0.3, -0.25) is 4.79 Å². The number of halogens is 1. The number of oxime groups is 1. The summed E-state index contributed by atoms with van der Waals surface area (Å²) in [6.07, 6.45) is -1.43. The molecule has 110 valence electrons. The molecule has 0 saturated carbocycles. The SMILES string of the molecule is C[C@@H]1C(c2ccc(Cl)cc2)=NO[C@H]1C(=O)N1CCOC1=O. The van der Waals surface area contributed by atoms with Gasteiger partial charge >= 0.3 is 6.09 Å². The number of rotatable bonds is 2. The standard InChI is InChI=1S/C14H13ClN2O4/c1-8-11(9-2-4-10(15)5-3-9)16-21-12(8)13(18)17-6-7-20-14(17)19/h2-5,8,12H,6-7H2,1H3/t8-,12-/m1/s1. The number of amides is 2. The van der Waals surface area contributed by atoms with E-state index in [1.54, 1.807) is 12.1 Å². The molecule has 2 amide bonds. The minimum absolute atomic E-state index is 0.219. The van der Waals surface area contributed by atoms with E-state index in [-0.39, 0.29) is 19.1 Å². The van der Waals surface area contributed by atoms with Crippen molar-refractivity contribution in [3.8, 4) is 0 Å². The lowest BCUT2D eigenvalue weighted by Crippen LogP contribution is -2.43. The number of nitrogens with zero attached hydrogens (tertiary/aromatic N) is 2. The average Bonchev–Trinajstić information content (AvgIpc) is 3.05. The number of cyclic esters (lactones) is 1. The Kier molecular flexibility index (Phi) is 3.55. The zero-order valence-electron chi connectivity index (χ0n) is 11.3. The molecule has 1 fully saturated rings. The molecule has 1 aromatic carbocycles. The number of imide groups is 1. The Bertz CT molecular complexity index is 614. The van der Waals surface area contributed by atoms with Crippen LogP contribution in [0.5, 0.6) is 0 Å². The van der Waals surface area contributed by atoms with E-state index in [0.717, 1.165) is 10.5 Å². The van der Waals surface area contributed by atoms with Gasteiger partial charge in [0.05, 0.1) is 18.2 Å². The van der Waals surface area contributed by atoms with Gasteiger partial charge in [0, 0.05) is 5.02 Å². The molecule has 2 heterocycles. The Hall–Kier alpha value is -2.08. The van der Waals surface area contributed by atoms with E-state index >= 15 is 0 Å². The van der Waals surface area contributed by atoms with Crippen LogP contribution in [0.25, 0.3) is 0 Å². The van der Waals surface area contributed by atoms with Gasteiger partial charge in [-0.25, -0.2) is 9.69 Å². The van der Waals surface area contributed by atoms with Crippen molar-refractivity contribution < 1.29 is 19.2 Å². The highest BCUT2D eigenvalue weighted by Crippen LogP contribution is 2.26. The van der Waals surface area contributed by atoms with Gasteiger partial charge in [-0.15, -0.1) is 0 Å². The van der Waals surface area contributed by atoms with E-state index in [2.05, 4.69) is 5.16 Å². The van der Waals surface area contributed by atoms with Gasteiger partial charge in [0.15, 0.2) is 0 Å². The minimum atomic E-state index is -0.804. The number of ether oxygens (including phenoxy) is 1. The van der Waals surface area contributed by atoms with E-state index in [1.165, 1.54) is 0 Å². The molecule has 2 atom stereocenters. The smallest absolute Gasteiger partial charge is 0.416 e. The molecule has 0 radical (unpaired) electrons. The van der Waals surface area contributed by atoms with Gasteiger partial charge in [-0.05, 0) is 17.7 Å². The highest BCUT2D eigenvalue weighted by molar-refractivity contribution is 6.30. The fourth-order valence-electron chi connectivity index (χ4n) is 2.37. The Balaban J connectivity index is 1.76. The molecule has 0 spiro atoms. The van der Waals surface area contributed by atoms with E-state index in [1.807, 2.05) is 19.1 Å². The Morgan fingerprint density at radius 1 is 1.38 bits per heavy atom. The second kappa shape index (κ2) is 5.37. The van der Waals surface area contributed by atoms with Crippen molar-refractivity contribution in [3.05, 3.63) is 34.9 Å². The third kappa shape index (κ3) is 2.47. The highest BCUT2D eigenvalue weighted by Gasteiger charge is 2.42. The van der Waals surface area contributed by atoms with Gasteiger partial charge in [0.2, 0.25) is 6.10 Å². The van der Waals surface area contributed by atoms with Crippen molar-refractivity contribution in [2.45, 2.75) is 13.0 Å². The predicted molar refractivity (Wildman–Crippen MR) is 75.1 cm³/mol. The maximum Gasteiger partial charge on any atom is 0.416 e. The van der Waals surface area contributed by atoms with Crippen LogP contribution in [-0.2, 0) is 14.4 Å². The molecule has 2 aliphatic rings. The quantitative estimate of drug-likeness (QED) is 0.838. The molecule has 3 rings (SSSR count). The van der Waals surface area contributed by atoms with Crippen LogP contribution < -0.4 is 0 Å². The normalized spacial score (nSPS) is 24.6. The number of hydrogen-bond acceptors (Lipinski definition) is 5.